The third kappa shape index (κ3) is 3.18. The molecule has 0 aliphatic carbocycles. The fraction of sp³-hybridized carbons (Fsp3) is 0.200. The topological polar surface area (TPSA) is 78.0 Å². The molecule has 3 aromatic rings. The molecule has 6 heteroatoms. The SMILES string of the molecule is O=c1[nH]c(CNCC(O)c2ccccc2)nc2ccsc12. The second-order valence-corrected chi connectivity index (χ2v) is 5.62. The Kier molecular flexibility index (Phi) is 4.10. The van der Waals surface area contributed by atoms with E-state index in [4.69, 9.17) is 0 Å². The van der Waals surface area contributed by atoms with Crippen LogP contribution < -0.4 is 10.9 Å². The van der Waals surface area contributed by atoms with Gasteiger partial charge in [-0.2, -0.15) is 0 Å². The number of aromatic amines is 1. The van der Waals surface area contributed by atoms with E-state index in [2.05, 4.69) is 15.3 Å². The largest absolute Gasteiger partial charge is 0.387 e. The molecule has 0 bridgehead atoms. The van der Waals surface area contributed by atoms with Gasteiger partial charge in [-0.1, -0.05) is 30.3 Å². The van der Waals surface area contributed by atoms with Crippen molar-refractivity contribution in [2.75, 3.05) is 6.54 Å². The van der Waals surface area contributed by atoms with E-state index in [1.165, 1.54) is 11.3 Å². The van der Waals surface area contributed by atoms with Crippen LogP contribution in [0, 0.1) is 0 Å². The van der Waals surface area contributed by atoms with Crippen molar-refractivity contribution < 1.29 is 5.11 Å². The average molecular weight is 301 g/mol. The molecule has 0 aliphatic rings. The quantitative estimate of drug-likeness (QED) is 0.671. The lowest BCUT2D eigenvalue weighted by Gasteiger charge is -2.11. The second-order valence-electron chi connectivity index (χ2n) is 4.70. The summed E-state index contributed by atoms with van der Waals surface area (Å²) in [4.78, 5) is 18.9. The van der Waals surface area contributed by atoms with Crippen molar-refractivity contribution >= 4 is 21.6 Å². The van der Waals surface area contributed by atoms with Gasteiger partial charge < -0.3 is 15.4 Å². The molecule has 2 heterocycles. The van der Waals surface area contributed by atoms with E-state index in [-0.39, 0.29) is 5.56 Å². The number of nitrogens with zero attached hydrogens (tertiary/aromatic N) is 1. The summed E-state index contributed by atoms with van der Waals surface area (Å²) in [5, 5.41) is 15.0. The lowest BCUT2D eigenvalue weighted by molar-refractivity contribution is 0.174. The van der Waals surface area contributed by atoms with Gasteiger partial charge in [0, 0.05) is 6.54 Å². The van der Waals surface area contributed by atoms with E-state index in [9.17, 15) is 9.90 Å². The Morgan fingerprint density at radius 3 is 2.90 bits per heavy atom. The predicted octanol–water partition coefficient (Wildman–Crippen LogP) is 1.81. The first-order valence-corrected chi connectivity index (χ1v) is 7.52. The molecule has 5 nitrogen and oxygen atoms in total. The number of rotatable bonds is 5. The third-order valence-corrected chi connectivity index (χ3v) is 4.08. The summed E-state index contributed by atoms with van der Waals surface area (Å²) >= 11 is 1.38. The van der Waals surface area contributed by atoms with Gasteiger partial charge in [0.05, 0.1) is 18.2 Å². The number of aromatic nitrogens is 2. The minimum atomic E-state index is -0.581. The molecule has 0 amide bonds. The van der Waals surface area contributed by atoms with Crippen molar-refractivity contribution in [3.8, 4) is 0 Å². The van der Waals surface area contributed by atoms with Crippen LogP contribution in [0.25, 0.3) is 10.2 Å². The van der Waals surface area contributed by atoms with Gasteiger partial charge in [0.1, 0.15) is 10.5 Å². The maximum atomic E-state index is 11.8. The van der Waals surface area contributed by atoms with E-state index >= 15 is 0 Å². The highest BCUT2D eigenvalue weighted by Gasteiger charge is 2.08. The number of nitrogens with one attached hydrogen (secondary N) is 2. The van der Waals surface area contributed by atoms with Gasteiger partial charge in [-0.05, 0) is 17.0 Å². The standard InChI is InChI=1S/C15H15N3O2S/c19-12(10-4-2-1-3-5-10)8-16-9-13-17-11-6-7-21-14(11)15(20)18-13/h1-7,12,16,19H,8-9H2,(H,17,18,20). The number of fused-ring (bicyclic) bond motifs is 1. The van der Waals surface area contributed by atoms with E-state index in [1.54, 1.807) is 0 Å². The molecule has 0 aliphatic heterocycles. The van der Waals surface area contributed by atoms with Crippen molar-refractivity contribution in [1.82, 2.24) is 15.3 Å². The summed E-state index contributed by atoms with van der Waals surface area (Å²) in [6.07, 6.45) is -0.581. The van der Waals surface area contributed by atoms with Crippen molar-refractivity contribution in [1.29, 1.82) is 0 Å². The Labute approximate surface area is 125 Å². The van der Waals surface area contributed by atoms with E-state index in [1.807, 2.05) is 41.8 Å². The van der Waals surface area contributed by atoms with Crippen LogP contribution in [0.15, 0.2) is 46.6 Å². The molecule has 0 radical (unpaired) electrons. The van der Waals surface area contributed by atoms with Crippen LogP contribution >= 0.6 is 11.3 Å². The second kappa shape index (κ2) is 6.17. The Hall–Kier alpha value is -2.02. The van der Waals surface area contributed by atoms with Crippen LogP contribution in [0.5, 0.6) is 0 Å². The molecule has 1 aromatic carbocycles. The molecular formula is C15H15N3O2S. The molecule has 1 unspecified atom stereocenters. The number of aliphatic hydroxyl groups is 1. The molecule has 3 N–H and O–H groups in total. The predicted molar refractivity (Wildman–Crippen MR) is 83.3 cm³/mol. The highest BCUT2D eigenvalue weighted by molar-refractivity contribution is 7.17. The third-order valence-electron chi connectivity index (χ3n) is 3.18. The van der Waals surface area contributed by atoms with Crippen LogP contribution in [0.2, 0.25) is 0 Å². The lowest BCUT2D eigenvalue weighted by Crippen LogP contribution is -2.23. The minimum Gasteiger partial charge on any atom is -0.387 e. The van der Waals surface area contributed by atoms with Gasteiger partial charge in [0.2, 0.25) is 0 Å². The normalized spacial score (nSPS) is 12.6. The van der Waals surface area contributed by atoms with Crippen LogP contribution in [0.1, 0.15) is 17.5 Å². The van der Waals surface area contributed by atoms with Gasteiger partial charge >= 0.3 is 0 Å². The lowest BCUT2D eigenvalue weighted by atomic mass is 10.1. The summed E-state index contributed by atoms with van der Waals surface area (Å²) in [6.45, 7) is 0.806. The molecule has 1 atom stereocenters. The maximum absolute atomic E-state index is 11.8. The first kappa shape index (κ1) is 13.9. The van der Waals surface area contributed by atoms with Crippen molar-refractivity contribution in [2.45, 2.75) is 12.6 Å². The van der Waals surface area contributed by atoms with Gasteiger partial charge in [-0.25, -0.2) is 4.98 Å². The molecule has 108 valence electrons. The molecule has 21 heavy (non-hydrogen) atoms. The van der Waals surface area contributed by atoms with Crippen LogP contribution in [-0.2, 0) is 6.54 Å². The number of benzene rings is 1. The zero-order valence-electron chi connectivity index (χ0n) is 11.2. The fourth-order valence-electron chi connectivity index (χ4n) is 2.13. The van der Waals surface area contributed by atoms with E-state index in [0.29, 0.717) is 29.1 Å². The molecular weight excluding hydrogens is 286 g/mol. The van der Waals surface area contributed by atoms with Crippen LogP contribution in [0.3, 0.4) is 0 Å². The summed E-state index contributed by atoms with van der Waals surface area (Å²) < 4.78 is 0.642. The van der Waals surface area contributed by atoms with Crippen molar-refractivity contribution in [3.63, 3.8) is 0 Å². The van der Waals surface area contributed by atoms with E-state index < -0.39 is 6.10 Å². The molecule has 0 saturated carbocycles. The summed E-state index contributed by atoms with van der Waals surface area (Å²) in [7, 11) is 0. The minimum absolute atomic E-state index is 0.115. The highest BCUT2D eigenvalue weighted by atomic mass is 32.1. The van der Waals surface area contributed by atoms with Crippen molar-refractivity contribution in [3.05, 3.63) is 63.5 Å². The Balaban J connectivity index is 1.63. The first-order valence-electron chi connectivity index (χ1n) is 6.64. The van der Waals surface area contributed by atoms with Crippen molar-refractivity contribution in [2.24, 2.45) is 0 Å². The van der Waals surface area contributed by atoms with Gasteiger partial charge in [-0.15, -0.1) is 11.3 Å². The summed E-state index contributed by atoms with van der Waals surface area (Å²) in [5.74, 6) is 0.575. The monoisotopic (exact) mass is 301 g/mol. The maximum Gasteiger partial charge on any atom is 0.268 e. The molecule has 0 spiro atoms. The Bertz CT molecular complexity index is 782. The number of H-pyrrole nitrogens is 1. The van der Waals surface area contributed by atoms with Gasteiger partial charge in [0.15, 0.2) is 0 Å². The number of hydrogen-bond acceptors (Lipinski definition) is 5. The first-order chi connectivity index (χ1) is 10.2. The van der Waals surface area contributed by atoms with Crippen LogP contribution in [-0.4, -0.2) is 21.6 Å². The smallest absolute Gasteiger partial charge is 0.268 e. The number of hydrogen-bond donors (Lipinski definition) is 3. The molecule has 0 fully saturated rings. The fourth-order valence-corrected chi connectivity index (χ4v) is 2.85. The van der Waals surface area contributed by atoms with E-state index in [0.717, 1.165) is 5.56 Å². The molecule has 0 saturated heterocycles. The summed E-state index contributed by atoms with van der Waals surface area (Å²) in [5.41, 5.74) is 1.46. The van der Waals surface area contributed by atoms with Crippen LogP contribution in [0.4, 0.5) is 0 Å². The number of aliphatic hydroxyl groups excluding tert-OH is 1. The number of thiophene rings is 1. The van der Waals surface area contributed by atoms with Gasteiger partial charge in [0.25, 0.3) is 5.56 Å². The zero-order chi connectivity index (χ0) is 14.7. The Morgan fingerprint density at radius 2 is 2.10 bits per heavy atom. The Morgan fingerprint density at radius 1 is 1.29 bits per heavy atom. The molecule has 3 rings (SSSR count). The van der Waals surface area contributed by atoms with Gasteiger partial charge in [-0.3, -0.25) is 4.79 Å². The summed E-state index contributed by atoms with van der Waals surface area (Å²) in [6, 6.07) is 11.3. The zero-order valence-corrected chi connectivity index (χ0v) is 12.1. The highest BCUT2D eigenvalue weighted by Crippen LogP contribution is 2.14. The molecule has 2 aromatic heterocycles. The average Bonchev–Trinajstić information content (AvgIpc) is 2.97.